The predicted molar refractivity (Wildman–Crippen MR) is 75.1 cm³/mol. The van der Waals surface area contributed by atoms with Crippen LogP contribution in [0.5, 0.6) is 0 Å². The van der Waals surface area contributed by atoms with Gasteiger partial charge in [-0.3, -0.25) is 4.90 Å². The zero-order chi connectivity index (χ0) is 15.2. The van der Waals surface area contributed by atoms with Crippen LogP contribution in [-0.2, 0) is 16.6 Å². The maximum absolute atomic E-state index is 13.7. The lowest BCUT2D eigenvalue weighted by molar-refractivity contribution is 0.0103. The monoisotopic (exact) mass is 316 g/mol. The first-order valence-electron chi connectivity index (χ1n) is 6.98. The van der Waals surface area contributed by atoms with Crippen LogP contribution in [0, 0.1) is 17.6 Å². The molecule has 0 radical (unpaired) electrons. The summed E-state index contributed by atoms with van der Waals surface area (Å²) in [6.07, 6.45) is 2.07. The van der Waals surface area contributed by atoms with Gasteiger partial charge in [-0.25, -0.2) is 17.2 Å². The van der Waals surface area contributed by atoms with Gasteiger partial charge >= 0.3 is 0 Å². The summed E-state index contributed by atoms with van der Waals surface area (Å²) >= 11 is 0. The number of piperidine rings is 1. The van der Waals surface area contributed by atoms with Crippen molar-refractivity contribution < 1.29 is 17.2 Å². The van der Waals surface area contributed by atoms with E-state index in [1.54, 1.807) is 0 Å². The van der Waals surface area contributed by atoms with Crippen LogP contribution in [0.2, 0.25) is 0 Å². The summed E-state index contributed by atoms with van der Waals surface area (Å²) in [6, 6.07) is 3.79. The van der Waals surface area contributed by atoms with E-state index in [0.29, 0.717) is 19.0 Å². The number of hydrogen-bond acceptors (Lipinski definition) is 3. The first-order chi connectivity index (χ1) is 9.86. The Hall–Kier alpha value is -1.05. The average Bonchev–Trinajstić information content (AvgIpc) is 2.35. The summed E-state index contributed by atoms with van der Waals surface area (Å²) in [4.78, 5) is 1.93. The molecule has 4 nitrogen and oxygen atoms in total. The van der Waals surface area contributed by atoms with Crippen LogP contribution in [0.1, 0.15) is 12.0 Å². The molecule has 2 atom stereocenters. The topological polar surface area (TPSA) is 40.6 Å². The first kappa shape index (κ1) is 14.9. The number of fused-ring (bicyclic) bond motifs is 1. The number of sulfonamides is 1. The van der Waals surface area contributed by atoms with Gasteiger partial charge in [-0.2, -0.15) is 4.31 Å². The van der Waals surface area contributed by atoms with Crippen molar-refractivity contribution in [1.82, 2.24) is 9.21 Å². The lowest BCUT2D eigenvalue weighted by Gasteiger charge is -2.52. The molecular weight excluding hydrogens is 298 g/mol. The Balaban J connectivity index is 1.71. The predicted octanol–water partition coefficient (Wildman–Crippen LogP) is 1.43. The Labute approximate surface area is 123 Å². The van der Waals surface area contributed by atoms with Gasteiger partial charge < -0.3 is 0 Å². The number of benzene rings is 1. The van der Waals surface area contributed by atoms with Crippen LogP contribution >= 0.6 is 0 Å². The van der Waals surface area contributed by atoms with Gasteiger partial charge in [0.05, 0.1) is 6.26 Å². The third-order valence-corrected chi connectivity index (χ3v) is 5.73. The fourth-order valence-corrected chi connectivity index (χ4v) is 4.44. The highest BCUT2D eigenvalue weighted by atomic mass is 32.2. The summed E-state index contributed by atoms with van der Waals surface area (Å²) in [7, 11) is -3.19. The Morgan fingerprint density at radius 1 is 1.24 bits per heavy atom. The minimum Gasteiger partial charge on any atom is -0.297 e. The highest BCUT2D eigenvalue weighted by Crippen LogP contribution is 2.34. The van der Waals surface area contributed by atoms with Crippen molar-refractivity contribution in [2.75, 3.05) is 25.9 Å². The second-order valence-corrected chi connectivity index (χ2v) is 7.82. The summed E-state index contributed by atoms with van der Waals surface area (Å²) in [5.74, 6) is -0.724. The number of nitrogens with zero attached hydrogens (tertiary/aromatic N) is 2. The molecule has 1 aromatic rings. The summed E-state index contributed by atoms with van der Waals surface area (Å²) in [6.45, 7) is 2.03. The van der Waals surface area contributed by atoms with Crippen LogP contribution in [0.4, 0.5) is 8.78 Å². The van der Waals surface area contributed by atoms with Crippen LogP contribution in [-0.4, -0.2) is 49.6 Å². The Kier molecular flexibility index (Phi) is 3.75. The van der Waals surface area contributed by atoms with Gasteiger partial charge in [0.2, 0.25) is 10.0 Å². The smallest absolute Gasteiger partial charge is 0.211 e. The second kappa shape index (κ2) is 5.30. The minimum absolute atomic E-state index is 0.0522. The Morgan fingerprint density at radius 3 is 2.52 bits per heavy atom. The van der Waals surface area contributed by atoms with Crippen molar-refractivity contribution in [1.29, 1.82) is 0 Å². The fraction of sp³-hybridized carbons (Fsp3) is 0.571. The van der Waals surface area contributed by atoms with E-state index in [9.17, 15) is 17.2 Å². The van der Waals surface area contributed by atoms with Gasteiger partial charge in [0.15, 0.2) is 0 Å². The molecule has 21 heavy (non-hydrogen) atoms. The highest BCUT2D eigenvalue weighted by Gasteiger charge is 2.46. The van der Waals surface area contributed by atoms with E-state index in [1.165, 1.54) is 28.8 Å². The largest absolute Gasteiger partial charge is 0.297 e. The molecule has 0 unspecified atom stereocenters. The number of hydrogen-bond donors (Lipinski definition) is 0. The summed E-state index contributed by atoms with van der Waals surface area (Å²) in [5, 5.41) is 0. The van der Waals surface area contributed by atoms with Crippen molar-refractivity contribution in [2.45, 2.75) is 19.0 Å². The molecular formula is C14H18F2N2O2S. The summed E-state index contributed by atoms with van der Waals surface area (Å²) < 4.78 is 52.1. The number of rotatable bonds is 3. The lowest BCUT2D eigenvalue weighted by atomic mass is 9.84. The lowest BCUT2D eigenvalue weighted by Crippen LogP contribution is -2.65. The zero-order valence-corrected chi connectivity index (χ0v) is 12.6. The SMILES string of the molecule is CS(=O)(=O)N1C[C@H]2CCN(Cc3c(F)cccc3F)C[C@H]21. The average molecular weight is 316 g/mol. The highest BCUT2D eigenvalue weighted by molar-refractivity contribution is 7.88. The molecule has 3 rings (SSSR count). The number of likely N-dealkylation sites (tertiary alicyclic amines) is 1. The van der Waals surface area contributed by atoms with E-state index in [-0.39, 0.29) is 18.2 Å². The van der Waals surface area contributed by atoms with Crippen molar-refractivity contribution in [3.63, 3.8) is 0 Å². The maximum atomic E-state index is 13.7. The molecule has 2 fully saturated rings. The maximum Gasteiger partial charge on any atom is 0.211 e. The minimum atomic E-state index is -3.19. The number of halogens is 2. The van der Waals surface area contributed by atoms with E-state index in [0.717, 1.165) is 13.0 Å². The van der Waals surface area contributed by atoms with E-state index in [2.05, 4.69) is 0 Å². The van der Waals surface area contributed by atoms with E-state index in [4.69, 9.17) is 0 Å². The molecule has 0 spiro atoms. The third kappa shape index (κ3) is 2.82. The van der Waals surface area contributed by atoms with Crippen molar-refractivity contribution in [3.8, 4) is 0 Å². The van der Waals surface area contributed by atoms with Crippen molar-refractivity contribution >= 4 is 10.0 Å². The third-order valence-electron chi connectivity index (χ3n) is 4.46. The molecule has 0 aromatic heterocycles. The van der Waals surface area contributed by atoms with E-state index < -0.39 is 21.7 Å². The molecule has 0 amide bonds. The molecule has 2 aliphatic heterocycles. The van der Waals surface area contributed by atoms with Gasteiger partial charge in [-0.1, -0.05) is 6.07 Å². The normalized spacial score (nSPS) is 27.2. The van der Waals surface area contributed by atoms with Crippen molar-refractivity contribution in [2.24, 2.45) is 5.92 Å². The zero-order valence-electron chi connectivity index (χ0n) is 11.8. The Bertz CT molecular complexity index is 630. The van der Waals surface area contributed by atoms with Gasteiger partial charge in [0.1, 0.15) is 11.6 Å². The van der Waals surface area contributed by atoms with Crippen LogP contribution in [0.25, 0.3) is 0 Å². The van der Waals surface area contributed by atoms with Gasteiger partial charge in [0, 0.05) is 31.2 Å². The van der Waals surface area contributed by atoms with Gasteiger partial charge in [0.25, 0.3) is 0 Å². The molecule has 1 aromatic carbocycles. The molecule has 2 heterocycles. The standard InChI is InChI=1S/C14H18F2N2O2S/c1-21(19,20)18-7-10-5-6-17(9-14(10)18)8-11-12(15)3-2-4-13(11)16/h2-4,10,14H,5-9H2,1H3/t10-,14-/m1/s1. The van der Waals surface area contributed by atoms with Crippen LogP contribution in [0.3, 0.4) is 0 Å². The molecule has 0 N–H and O–H groups in total. The van der Waals surface area contributed by atoms with Gasteiger partial charge in [-0.05, 0) is 31.0 Å². The molecule has 2 saturated heterocycles. The molecule has 2 aliphatic rings. The molecule has 116 valence electrons. The van der Waals surface area contributed by atoms with Crippen molar-refractivity contribution in [3.05, 3.63) is 35.4 Å². The summed E-state index contributed by atoms with van der Waals surface area (Å²) in [5.41, 5.74) is 0.0566. The molecule has 0 aliphatic carbocycles. The van der Waals surface area contributed by atoms with Gasteiger partial charge in [-0.15, -0.1) is 0 Å². The van der Waals surface area contributed by atoms with Crippen LogP contribution < -0.4 is 0 Å². The molecule has 7 heteroatoms. The molecule has 0 bridgehead atoms. The Morgan fingerprint density at radius 2 is 1.90 bits per heavy atom. The van der Waals surface area contributed by atoms with Crippen LogP contribution in [0.15, 0.2) is 18.2 Å². The second-order valence-electron chi connectivity index (χ2n) is 5.88. The first-order valence-corrected chi connectivity index (χ1v) is 8.83. The van der Waals surface area contributed by atoms with E-state index in [1.807, 2.05) is 4.90 Å². The van der Waals surface area contributed by atoms with E-state index >= 15 is 0 Å². The molecule has 0 saturated carbocycles. The fourth-order valence-electron chi connectivity index (χ4n) is 3.25. The quantitative estimate of drug-likeness (QED) is 0.847.